The van der Waals surface area contributed by atoms with Gasteiger partial charge in [0.1, 0.15) is 5.75 Å². The predicted molar refractivity (Wildman–Crippen MR) is 110 cm³/mol. The fraction of sp³-hybridized carbons (Fsp3) is 0.318. The number of hydrogen-bond donors (Lipinski definition) is 4. The number of hydrogen-bond acceptors (Lipinski definition) is 5. The first kappa shape index (κ1) is 22.1. The van der Waals surface area contributed by atoms with Gasteiger partial charge in [0, 0.05) is 12.1 Å². The molecule has 0 fully saturated rings. The van der Waals surface area contributed by atoms with Crippen LogP contribution in [0.15, 0.2) is 54.6 Å². The van der Waals surface area contributed by atoms with Crippen LogP contribution >= 0.6 is 0 Å². The highest BCUT2D eigenvalue weighted by atomic mass is 16.3. The Labute approximate surface area is 170 Å². The number of Topliss-reactive ketones (excluding diaryl/α,β-unsaturated/α-hetero) is 1. The molecule has 2 aromatic carbocycles. The number of phenols is 1. The first-order chi connectivity index (χ1) is 13.9. The summed E-state index contributed by atoms with van der Waals surface area (Å²) in [6.07, 6.45) is 0.397. The second-order valence-corrected chi connectivity index (χ2v) is 6.87. The maximum atomic E-state index is 12.2. The smallest absolute Gasteiger partial charge is 0.239 e. The molecule has 7 heteroatoms. The van der Waals surface area contributed by atoms with E-state index < -0.39 is 18.0 Å². The van der Waals surface area contributed by atoms with Crippen molar-refractivity contribution in [3.05, 3.63) is 65.7 Å². The average molecular weight is 397 g/mol. The standard InChI is InChI=1S/C22H27N3O4/c1-15(23-13-18-10-6-7-11-20(18)27)22(29)24-14-21(28)25-19(16(2)26)12-17-8-4-3-5-9-17/h3-11,15,19,23,27H,12-14H2,1-2H3,(H,24,29)(H,25,28)/t15-,19-/m0/s1. The Balaban J connectivity index is 1.78. The lowest BCUT2D eigenvalue weighted by atomic mass is 10.0. The van der Waals surface area contributed by atoms with E-state index in [0.717, 1.165) is 5.56 Å². The van der Waals surface area contributed by atoms with Crippen LogP contribution in [0.1, 0.15) is 25.0 Å². The highest BCUT2D eigenvalue weighted by Gasteiger charge is 2.19. The minimum Gasteiger partial charge on any atom is -0.508 e. The minimum absolute atomic E-state index is 0.147. The molecule has 0 aliphatic heterocycles. The third-order valence-electron chi connectivity index (χ3n) is 4.52. The molecule has 154 valence electrons. The predicted octanol–water partition coefficient (Wildman–Crippen LogP) is 1.30. The number of amides is 2. The molecule has 2 amide bonds. The Bertz CT molecular complexity index is 839. The first-order valence-corrected chi connectivity index (χ1v) is 9.48. The van der Waals surface area contributed by atoms with Crippen molar-refractivity contribution in [2.45, 2.75) is 38.9 Å². The summed E-state index contributed by atoms with van der Waals surface area (Å²) in [6.45, 7) is 3.19. The van der Waals surface area contributed by atoms with Crippen LogP contribution in [-0.2, 0) is 27.3 Å². The fourth-order valence-electron chi connectivity index (χ4n) is 2.73. The van der Waals surface area contributed by atoms with E-state index in [1.165, 1.54) is 6.92 Å². The number of benzene rings is 2. The van der Waals surface area contributed by atoms with E-state index in [0.29, 0.717) is 18.5 Å². The van der Waals surface area contributed by atoms with Gasteiger partial charge in [0.25, 0.3) is 0 Å². The van der Waals surface area contributed by atoms with E-state index in [1.54, 1.807) is 31.2 Å². The third kappa shape index (κ3) is 7.38. The summed E-state index contributed by atoms with van der Waals surface area (Å²) in [6, 6.07) is 15.1. The Morgan fingerprint density at radius 3 is 2.31 bits per heavy atom. The van der Waals surface area contributed by atoms with Crippen LogP contribution in [-0.4, -0.2) is 41.3 Å². The molecule has 0 saturated carbocycles. The van der Waals surface area contributed by atoms with Crippen molar-refractivity contribution in [2.24, 2.45) is 0 Å². The van der Waals surface area contributed by atoms with Crippen LogP contribution in [0.4, 0.5) is 0 Å². The van der Waals surface area contributed by atoms with Gasteiger partial charge in [-0.3, -0.25) is 14.4 Å². The third-order valence-corrected chi connectivity index (χ3v) is 4.52. The van der Waals surface area contributed by atoms with Crippen molar-refractivity contribution in [1.82, 2.24) is 16.0 Å². The number of rotatable bonds is 10. The van der Waals surface area contributed by atoms with Gasteiger partial charge in [0.2, 0.25) is 11.8 Å². The molecule has 4 N–H and O–H groups in total. The van der Waals surface area contributed by atoms with Crippen molar-refractivity contribution in [2.75, 3.05) is 6.54 Å². The van der Waals surface area contributed by atoms with E-state index in [1.807, 2.05) is 30.3 Å². The number of nitrogens with one attached hydrogen (secondary N) is 3. The Morgan fingerprint density at radius 1 is 1.00 bits per heavy atom. The molecule has 7 nitrogen and oxygen atoms in total. The fourth-order valence-corrected chi connectivity index (χ4v) is 2.73. The lowest BCUT2D eigenvalue weighted by molar-refractivity contribution is -0.129. The maximum absolute atomic E-state index is 12.2. The normalized spacial score (nSPS) is 12.6. The quantitative estimate of drug-likeness (QED) is 0.483. The van der Waals surface area contributed by atoms with Gasteiger partial charge in [0.05, 0.1) is 18.6 Å². The van der Waals surface area contributed by atoms with Crippen LogP contribution in [0.2, 0.25) is 0 Å². The molecule has 0 saturated heterocycles. The van der Waals surface area contributed by atoms with Crippen LogP contribution in [0.3, 0.4) is 0 Å². The largest absolute Gasteiger partial charge is 0.508 e. The lowest BCUT2D eigenvalue weighted by Crippen LogP contribution is -2.49. The molecule has 0 aliphatic rings. The molecule has 0 heterocycles. The van der Waals surface area contributed by atoms with Gasteiger partial charge in [-0.15, -0.1) is 0 Å². The topological polar surface area (TPSA) is 108 Å². The first-order valence-electron chi connectivity index (χ1n) is 9.48. The van der Waals surface area contributed by atoms with Gasteiger partial charge in [-0.25, -0.2) is 0 Å². The van der Waals surface area contributed by atoms with Gasteiger partial charge in [-0.2, -0.15) is 0 Å². The highest BCUT2D eigenvalue weighted by Crippen LogP contribution is 2.15. The molecule has 0 aliphatic carbocycles. The van der Waals surface area contributed by atoms with Gasteiger partial charge in [-0.1, -0.05) is 48.5 Å². The van der Waals surface area contributed by atoms with Crippen molar-refractivity contribution >= 4 is 17.6 Å². The number of aromatic hydroxyl groups is 1. The van der Waals surface area contributed by atoms with E-state index in [2.05, 4.69) is 16.0 Å². The lowest BCUT2D eigenvalue weighted by Gasteiger charge is -2.18. The summed E-state index contributed by atoms with van der Waals surface area (Å²) < 4.78 is 0. The zero-order valence-corrected chi connectivity index (χ0v) is 16.6. The van der Waals surface area contributed by atoms with E-state index >= 15 is 0 Å². The van der Waals surface area contributed by atoms with Gasteiger partial charge in [-0.05, 0) is 31.9 Å². The summed E-state index contributed by atoms with van der Waals surface area (Å²) in [4.78, 5) is 36.2. The molecule has 0 bridgehead atoms. The SMILES string of the molecule is CC(=O)[C@H](Cc1ccccc1)NC(=O)CNC(=O)[C@H](C)NCc1ccccc1O. The minimum atomic E-state index is -0.640. The van der Waals surface area contributed by atoms with E-state index in [4.69, 9.17) is 0 Å². The van der Waals surface area contributed by atoms with Crippen molar-refractivity contribution in [3.63, 3.8) is 0 Å². The Kier molecular flexibility index (Phi) is 8.36. The summed E-state index contributed by atoms with van der Waals surface area (Å²) in [7, 11) is 0. The summed E-state index contributed by atoms with van der Waals surface area (Å²) in [5.74, 6) is -0.771. The zero-order chi connectivity index (χ0) is 21.2. The monoisotopic (exact) mass is 397 g/mol. The van der Waals surface area contributed by atoms with Crippen LogP contribution in [0, 0.1) is 0 Å². The molecule has 0 aromatic heterocycles. The number of carbonyl (C=O) groups excluding carboxylic acids is 3. The van der Waals surface area contributed by atoms with Crippen molar-refractivity contribution in [1.29, 1.82) is 0 Å². The van der Waals surface area contributed by atoms with Gasteiger partial charge in [0.15, 0.2) is 5.78 Å². The van der Waals surface area contributed by atoms with Crippen molar-refractivity contribution in [3.8, 4) is 5.75 Å². The van der Waals surface area contributed by atoms with Crippen LogP contribution in [0.25, 0.3) is 0 Å². The summed E-state index contributed by atoms with van der Waals surface area (Å²) in [5.41, 5.74) is 1.62. The van der Waals surface area contributed by atoms with E-state index in [-0.39, 0.29) is 24.0 Å². The molecular formula is C22H27N3O4. The molecule has 0 radical (unpaired) electrons. The number of phenolic OH excluding ortho intramolecular Hbond substituents is 1. The number of ketones is 1. The highest BCUT2D eigenvalue weighted by molar-refractivity contribution is 5.91. The Hall–Kier alpha value is -3.19. The molecule has 29 heavy (non-hydrogen) atoms. The second kappa shape index (κ2) is 11.0. The second-order valence-electron chi connectivity index (χ2n) is 6.87. The molecule has 2 rings (SSSR count). The molecule has 0 unspecified atom stereocenters. The van der Waals surface area contributed by atoms with Gasteiger partial charge >= 0.3 is 0 Å². The maximum Gasteiger partial charge on any atom is 0.239 e. The molecule has 0 spiro atoms. The molecule has 2 aromatic rings. The van der Waals surface area contributed by atoms with Gasteiger partial charge < -0.3 is 21.1 Å². The molecule has 2 atom stereocenters. The van der Waals surface area contributed by atoms with Crippen molar-refractivity contribution < 1.29 is 19.5 Å². The average Bonchev–Trinajstić information content (AvgIpc) is 2.71. The summed E-state index contributed by atoms with van der Waals surface area (Å²) in [5, 5.41) is 18.0. The number of carbonyl (C=O) groups is 3. The zero-order valence-electron chi connectivity index (χ0n) is 16.6. The van der Waals surface area contributed by atoms with Crippen LogP contribution < -0.4 is 16.0 Å². The number of para-hydroxylation sites is 1. The summed E-state index contributed by atoms with van der Waals surface area (Å²) >= 11 is 0. The Morgan fingerprint density at radius 2 is 1.66 bits per heavy atom. The van der Waals surface area contributed by atoms with Crippen LogP contribution in [0.5, 0.6) is 5.75 Å². The van der Waals surface area contributed by atoms with E-state index in [9.17, 15) is 19.5 Å². The molecular weight excluding hydrogens is 370 g/mol.